The molecule has 0 amide bonds. The maximum absolute atomic E-state index is 12.8. The van der Waals surface area contributed by atoms with Crippen LogP contribution in [-0.4, -0.2) is 16.5 Å². The van der Waals surface area contributed by atoms with Crippen LogP contribution in [0.3, 0.4) is 0 Å². The highest BCUT2D eigenvalue weighted by Gasteiger charge is 2.04. The molecule has 0 spiro atoms. The average Bonchev–Trinajstić information content (AvgIpc) is 2.36. The van der Waals surface area contributed by atoms with Crippen LogP contribution in [0.4, 0.5) is 4.39 Å². The second kappa shape index (κ2) is 5.55. The fourth-order valence-corrected chi connectivity index (χ4v) is 1.66. The predicted octanol–water partition coefficient (Wildman–Crippen LogP) is 1.47. The van der Waals surface area contributed by atoms with E-state index in [1.54, 1.807) is 12.1 Å². The molecule has 1 aromatic carbocycles. The second-order valence-electron chi connectivity index (χ2n) is 3.98. The molecule has 5 heteroatoms. The summed E-state index contributed by atoms with van der Waals surface area (Å²) in [5.41, 5.74) is 6.59. The second-order valence-corrected chi connectivity index (χ2v) is 3.98. The molecule has 94 valence electrons. The molecule has 0 bridgehead atoms. The first kappa shape index (κ1) is 12.4. The highest BCUT2D eigenvalue weighted by atomic mass is 19.1. The molecule has 0 aliphatic heterocycles. The first-order valence-electron chi connectivity index (χ1n) is 5.75. The summed E-state index contributed by atoms with van der Waals surface area (Å²) in [6, 6.07) is 7.30. The number of hydrogen-bond acceptors (Lipinski definition) is 3. The number of benzene rings is 1. The molecule has 0 saturated heterocycles. The van der Waals surface area contributed by atoms with Crippen molar-refractivity contribution in [2.75, 3.05) is 6.54 Å². The van der Waals surface area contributed by atoms with Crippen molar-refractivity contribution < 1.29 is 4.39 Å². The molecule has 0 saturated carbocycles. The van der Waals surface area contributed by atoms with Crippen molar-refractivity contribution >= 4 is 0 Å². The van der Waals surface area contributed by atoms with Gasteiger partial charge in [-0.15, -0.1) is 0 Å². The summed E-state index contributed by atoms with van der Waals surface area (Å²) in [5.74, 6) is 0.134. The van der Waals surface area contributed by atoms with Gasteiger partial charge in [0.25, 0.3) is 5.56 Å². The number of aryl methyl sites for hydroxylation is 1. The smallest absolute Gasteiger partial charge is 0.251 e. The van der Waals surface area contributed by atoms with Crippen molar-refractivity contribution in [2.24, 2.45) is 5.73 Å². The fraction of sp³-hybridized carbons (Fsp3) is 0.231. The maximum Gasteiger partial charge on any atom is 0.251 e. The van der Waals surface area contributed by atoms with Gasteiger partial charge < -0.3 is 10.7 Å². The highest BCUT2D eigenvalue weighted by Crippen LogP contribution is 2.14. The summed E-state index contributed by atoms with van der Waals surface area (Å²) in [4.78, 5) is 18.5. The number of aromatic amines is 1. The summed E-state index contributed by atoms with van der Waals surface area (Å²) >= 11 is 0. The van der Waals surface area contributed by atoms with Crippen molar-refractivity contribution in [1.82, 2.24) is 9.97 Å². The lowest BCUT2D eigenvalue weighted by atomic mass is 10.2. The quantitative estimate of drug-likeness (QED) is 0.859. The minimum Gasteiger partial charge on any atom is -0.330 e. The SMILES string of the molecule is NCCCc1cc(=O)[nH]c(-c2ccc(F)cc2)n1. The van der Waals surface area contributed by atoms with Crippen molar-refractivity contribution in [3.05, 3.63) is 52.2 Å². The summed E-state index contributed by atoms with van der Waals surface area (Å²) < 4.78 is 12.8. The van der Waals surface area contributed by atoms with E-state index in [2.05, 4.69) is 9.97 Å². The van der Waals surface area contributed by atoms with Gasteiger partial charge in [-0.1, -0.05) is 0 Å². The number of nitrogens with one attached hydrogen (secondary N) is 1. The summed E-state index contributed by atoms with van der Waals surface area (Å²) in [6.45, 7) is 0.556. The Morgan fingerprint density at radius 3 is 2.67 bits per heavy atom. The van der Waals surface area contributed by atoms with Crippen molar-refractivity contribution in [3.63, 3.8) is 0 Å². The fourth-order valence-electron chi connectivity index (χ4n) is 1.66. The Morgan fingerprint density at radius 1 is 1.28 bits per heavy atom. The number of nitrogens with two attached hydrogens (primary N) is 1. The van der Waals surface area contributed by atoms with Gasteiger partial charge in [-0.3, -0.25) is 4.79 Å². The molecular formula is C13H14FN3O. The molecule has 2 aromatic rings. The molecule has 2 rings (SSSR count). The molecular weight excluding hydrogens is 233 g/mol. The highest BCUT2D eigenvalue weighted by molar-refractivity contribution is 5.54. The molecule has 1 heterocycles. The van der Waals surface area contributed by atoms with Gasteiger partial charge >= 0.3 is 0 Å². The maximum atomic E-state index is 12.8. The molecule has 1 aromatic heterocycles. The third kappa shape index (κ3) is 3.01. The minimum absolute atomic E-state index is 0.212. The van der Waals surface area contributed by atoms with Crippen molar-refractivity contribution in [1.29, 1.82) is 0 Å². The lowest BCUT2D eigenvalue weighted by Gasteiger charge is -2.04. The number of halogens is 1. The third-order valence-corrected chi connectivity index (χ3v) is 2.55. The standard InChI is InChI=1S/C13H14FN3O/c14-10-5-3-9(4-6-10)13-16-11(2-1-7-15)8-12(18)17-13/h3-6,8H,1-2,7,15H2,(H,16,17,18). The van der Waals surface area contributed by atoms with Crippen molar-refractivity contribution in [2.45, 2.75) is 12.8 Å². The third-order valence-electron chi connectivity index (χ3n) is 2.55. The van der Waals surface area contributed by atoms with E-state index in [4.69, 9.17) is 5.73 Å². The van der Waals surface area contributed by atoms with Gasteiger partial charge in [-0.25, -0.2) is 9.37 Å². The molecule has 0 fully saturated rings. The molecule has 0 unspecified atom stereocenters. The van der Waals surface area contributed by atoms with E-state index < -0.39 is 0 Å². The van der Waals surface area contributed by atoms with Gasteiger partial charge in [0.2, 0.25) is 0 Å². The number of rotatable bonds is 4. The van der Waals surface area contributed by atoms with Gasteiger partial charge in [0.05, 0.1) is 0 Å². The van der Waals surface area contributed by atoms with Crippen LogP contribution in [0.25, 0.3) is 11.4 Å². The number of hydrogen-bond donors (Lipinski definition) is 2. The number of H-pyrrole nitrogens is 1. The van der Waals surface area contributed by atoms with Crippen LogP contribution >= 0.6 is 0 Å². The van der Waals surface area contributed by atoms with Gasteiger partial charge in [-0.05, 0) is 43.7 Å². The minimum atomic E-state index is -0.319. The van der Waals surface area contributed by atoms with Gasteiger partial charge in [-0.2, -0.15) is 0 Å². The van der Waals surface area contributed by atoms with E-state index >= 15 is 0 Å². The van der Waals surface area contributed by atoms with E-state index in [1.165, 1.54) is 18.2 Å². The largest absolute Gasteiger partial charge is 0.330 e. The molecule has 0 radical (unpaired) electrons. The summed E-state index contributed by atoms with van der Waals surface area (Å²) in [6.07, 6.45) is 1.44. The summed E-state index contributed by atoms with van der Waals surface area (Å²) in [7, 11) is 0. The molecule has 18 heavy (non-hydrogen) atoms. The van der Waals surface area contributed by atoms with E-state index in [1.807, 2.05) is 0 Å². The number of nitrogens with zero attached hydrogens (tertiary/aromatic N) is 1. The van der Waals surface area contributed by atoms with Gasteiger partial charge in [0.15, 0.2) is 0 Å². The number of aromatic nitrogens is 2. The van der Waals surface area contributed by atoms with Gasteiger partial charge in [0, 0.05) is 17.3 Å². The molecule has 4 nitrogen and oxygen atoms in total. The Balaban J connectivity index is 2.35. The van der Waals surface area contributed by atoms with Crippen LogP contribution in [0, 0.1) is 5.82 Å². The zero-order valence-corrected chi connectivity index (χ0v) is 9.82. The van der Waals surface area contributed by atoms with Crippen LogP contribution in [0.5, 0.6) is 0 Å². The average molecular weight is 247 g/mol. The Hall–Kier alpha value is -2.01. The van der Waals surface area contributed by atoms with Crippen molar-refractivity contribution in [3.8, 4) is 11.4 Å². The summed E-state index contributed by atoms with van der Waals surface area (Å²) in [5, 5.41) is 0. The topological polar surface area (TPSA) is 71.8 Å². The van der Waals surface area contributed by atoms with Crippen LogP contribution in [0.2, 0.25) is 0 Å². The van der Waals surface area contributed by atoms with E-state index in [9.17, 15) is 9.18 Å². The van der Waals surface area contributed by atoms with Gasteiger partial charge in [0.1, 0.15) is 11.6 Å². The Labute approximate surface area is 104 Å². The predicted molar refractivity (Wildman–Crippen MR) is 67.6 cm³/mol. The monoisotopic (exact) mass is 247 g/mol. The first-order chi connectivity index (χ1) is 8.69. The zero-order valence-electron chi connectivity index (χ0n) is 9.82. The zero-order chi connectivity index (χ0) is 13.0. The normalized spacial score (nSPS) is 10.6. The van der Waals surface area contributed by atoms with E-state index in [0.29, 0.717) is 30.0 Å². The molecule has 0 aliphatic carbocycles. The molecule has 0 aliphatic rings. The first-order valence-corrected chi connectivity index (χ1v) is 5.75. The van der Waals surface area contributed by atoms with E-state index in [-0.39, 0.29) is 11.4 Å². The van der Waals surface area contributed by atoms with Crippen LogP contribution in [-0.2, 0) is 6.42 Å². The Morgan fingerprint density at radius 2 is 2.00 bits per heavy atom. The lowest BCUT2D eigenvalue weighted by molar-refractivity contribution is 0.628. The molecule has 0 atom stereocenters. The van der Waals surface area contributed by atoms with Crippen LogP contribution in [0.15, 0.2) is 35.1 Å². The van der Waals surface area contributed by atoms with E-state index in [0.717, 1.165) is 6.42 Å². The molecule has 3 N–H and O–H groups in total. The van der Waals surface area contributed by atoms with Crippen LogP contribution in [0.1, 0.15) is 12.1 Å². The Bertz CT molecular complexity index is 578. The Kier molecular flexibility index (Phi) is 3.84. The van der Waals surface area contributed by atoms with Crippen LogP contribution < -0.4 is 11.3 Å². The lowest BCUT2D eigenvalue weighted by Crippen LogP contribution is -2.11.